The highest BCUT2D eigenvalue weighted by Crippen LogP contribution is 2.20. The van der Waals surface area contributed by atoms with Crippen LogP contribution in [0.25, 0.3) is 0 Å². The highest BCUT2D eigenvalue weighted by Gasteiger charge is 2.40. The van der Waals surface area contributed by atoms with E-state index in [9.17, 15) is 28.3 Å². The first kappa shape index (κ1) is 33.1. The average Bonchev–Trinajstić information content (AvgIpc) is 2.94. The van der Waals surface area contributed by atoms with Crippen molar-refractivity contribution in [1.82, 2.24) is 20.4 Å². The number of carbonyl (C=O) groups excluding carboxylic acids is 3. The van der Waals surface area contributed by atoms with Gasteiger partial charge in [0.25, 0.3) is 0 Å². The van der Waals surface area contributed by atoms with Crippen molar-refractivity contribution in [2.45, 2.75) is 78.1 Å². The van der Waals surface area contributed by atoms with Gasteiger partial charge in [-0.2, -0.15) is 0 Å². The average molecular weight is 587 g/mol. The molecule has 0 aliphatic carbocycles. The van der Waals surface area contributed by atoms with Gasteiger partial charge >= 0.3 is 11.8 Å². The van der Waals surface area contributed by atoms with Gasteiger partial charge in [0.15, 0.2) is 0 Å². The molecule has 3 N–H and O–H groups in total. The first-order valence-electron chi connectivity index (χ1n) is 14.8. The number of aliphatic hydroxyl groups is 1. The number of aryl methyl sites for hydroxylation is 1. The lowest BCUT2D eigenvalue weighted by Crippen LogP contribution is -2.63. The second-order valence-electron chi connectivity index (χ2n) is 11.4. The number of rotatable bonds is 15. The van der Waals surface area contributed by atoms with Crippen LogP contribution in [0.5, 0.6) is 0 Å². The van der Waals surface area contributed by atoms with Gasteiger partial charge in [-0.1, -0.05) is 58.4 Å². The normalized spacial score (nSPS) is 17.1. The summed E-state index contributed by atoms with van der Waals surface area (Å²) in [6.07, 6.45) is 1.41. The molecule has 3 amide bonds. The first-order valence-corrected chi connectivity index (χ1v) is 14.8. The van der Waals surface area contributed by atoms with Crippen LogP contribution in [0.2, 0.25) is 0 Å². The summed E-state index contributed by atoms with van der Waals surface area (Å²) in [6.45, 7) is 8.95. The second-order valence-corrected chi connectivity index (χ2v) is 11.4. The molecule has 2 aromatic rings. The predicted molar refractivity (Wildman–Crippen MR) is 157 cm³/mol. The van der Waals surface area contributed by atoms with E-state index in [1.807, 2.05) is 39.0 Å². The zero-order valence-corrected chi connectivity index (χ0v) is 25.0. The number of benzene rings is 2. The molecular weight excluding hydrogens is 542 g/mol. The number of hydrogen-bond acceptors (Lipinski definition) is 5. The van der Waals surface area contributed by atoms with Gasteiger partial charge in [0.05, 0.1) is 18.2 Å². The third-order valence-electron chi connectivity index (χ3n) is 7.67. The number of hydrogen-bond donors (Lipinski definition) is 3. The fraction of sp³-hybridized carbons (Fsp3) is 0.531. The Bertz CT molecular complexity index is 1200. The number of halogens is 2. The van der Waals surface area contributed by atoms with Crippen LogP contribution in [0.3, 0.4) is 0 Å². The van der Waals surface area contributed by atoms with Gasteiger partial charge in [-0.05, 0) is 54.0 Å². The molecule has 0 unspecified atom stereocenters. The van der Waals surface area contributed by atoms with Crippen molar-refractivity contribution >= 4 is 17.7 Å². The molecular formula is C32H44F2N4O4. The lowest BCUT2D eigenvalue weighted by molar-refractivity contribution is -0.161. The lowest BCUT2D eigenvalue weighted by Gasteiger charge is -2.42. The Morgan fingerprint density at radius 1 is 1.02 bits per heavy atom. The summed E-state index contributed by atoms with van der Waals surface area (Å²) in [4.78, 5) is 41.9. The van der Waals surface area contributed by atoms with Crippen molar-refractivity contribution in [3.8, 4) is 0 Å². The molecule has 1 heterocycles. The molecule has 0 aromatic heterocycles. The quantitative estimate of drug-likeness (QED) is 0.278. The Balaban J connectivity index is 1.70. The van der Waals surface area contributed by atoms with Crippen molar-refractivity contribution < 1.29 is 28.3 Å². The fourth-order valence-electron chi connectivity index (χ4n) is 5.28. The third kappa shape index (κ3) is 9.32. The van der Waals surface area contributed by atoms with E-state index < -0.39 is 41.5 Å². The summed E-state index contributed by atoms with van der Waals surface area (Å²) in [7, 11) is 0. The van der Waals surface area contributed by atoms with Gasteiger partial charge in [0.2, 0.25) is 5.91 Å². The van der Waals surface area contributed by atoms with Crippen LogP contribution in [0.15, 0.2) is 42.5 Å². The van der Waals surface area contributed by atoms with Crippen LogP contribution in [0.1, 0.15) is 57.2 Å². The SMILES string of the molecule is CCCCN1C(=O)C(=O)N(CC(=O)N[C@@H](Cc2cc(F)cc(F)c2)[C@H](O)CNCc2cccc(CC)c2)C[C@H]1C(C)C. The maximum Gasteiger partial charge on any atom is 0.312 e. The summed E-state index contributed by atoms with van der Waals surface area (Å²) < 4.78 is 27.8. The topological polar surface area (TPSA) is 102 Å². The number of nitrogens with zero attached hydrogens (tertiary/aromatic N) is 2. The minimum Gasteiger partial charge on any atom is -0.390 e. The van der Waals surface area contributed by atoms with Crippen molar-refractivity contribution in [2.75, 3.05) is 26.2 Å². The van der Waals surface area contributed by atoms with E-state index >= 15 is 0 Å². The van der Waals surface area contributed by atoms with E-state index in [1.165, 1.54) is 10.5 Å². The Morgan fingerprint density at radius 3 is 2.36 bits per heavy atom. The summed E-state index contributed by atoms with van der Waals surface area (Å²) in [5, 5.41) is 17.0. The number of amides is 3. The predicted octanol–water partition coefficient (Wildman–Crippen LogP) is 3.20. The molecule has 1 saturated heterocycles. The molecule has 10 heteroatoms. The van der Waals surface area contributed by atoms with E-state index in [0.717, 1.165) is 43.0 Å². The molecule has 42 heavy (non-hydrogen) atoms. The standard InChI is InChI=1S/C32H44F2N4O4/c1-5-7-11-38-28(21(3)4)19-37(31(41)32(38)42)20-30(40)36-27(15-24-13-25(33)16-26(34)14-24)29(39)18-35-17-23-10-8-9-22(6-2)12-23/h8-10,12-14,16,21,27-29,35,39H,5-7,11,15,17-20H2,1-4H3,(H,36,40)/t27-,28-,29+/m0/s1. The summed E-state index contributed by atoms with van der Waals surface area (Å²) >= 11 is 0. The van der Waals surface area contributed by atoms with E-state index in [-0.39, 0.29) is 43.6 Å². The van der Waals surface area contributed by atoms with Crippen molar-refractivity contribution in [2.24, 2.45) is 5.92 Å². The molecule has 0 spiro atoms. The summed E-state index contributed by atoms with van der Waals surface area (Å²) in [6, 6.07) is 9.98. The van der Waals surface area contributed by atoms with Crippen LogP contribution in [-0.4, -0.2) is 77.0 Å². The molecule has 3 rings (SSSR count). The Hall–Kier alpha value is -3.37. The minimum absolute atomic E-state index is 0.0408. The van der Waals surface area contributed by atoms with Crippen LogP contribution in [0.4, 0.5) is 8.78 Å². The van der Waals surface area contributed by atoms with Gasteiger partial charge in [0, 0.05) is 32.2 Å². The van der Waals surface area contributed by atoms with Crippen LogP contribution < -0.4 is 10.6 Å². The van der Waals surface area contributed by atoms with E-state index in [1.54, 1.807) is 4.90 Å². The smallest absolute Gasteiger partial charge is 0.312 e. The molecule has 3 atom stereocenters. The van der Waals surface area contributed by atoms with Crippen LogP contribution >= 0.6 is 0 Å². The monoisotopic (exact) mass is 586 g/mol. The minimum atomic E-state index is -1.11. The van der Waals surface area contributed by atoms with Gasteiger partial charge < -0.3 is 25.5 Å². The highest BCUT2D eigenvalue weighted by atomic mass is 19.1. The fourth-order valence-corrected chi connectivity index (χ4v) is 5.28. The van der Waals surface area contributed by atoms with Gasteiger partial charge in [-0.25, -0.2) is 8.78 Å². The lowest BCUT2D eigenvalue weighted by atomic mass is 9.98. The molecule has 1 fully saturated rings. The zero-order valence-electron chi connectivity index (χ0n) is 25.0. The van der Waals surface area contributed by atoms with Crippen molar-refractivity contribution in [3.05, 3.63) is 70.8 Å². The molecule has 8 nitrogen and oxygen atoms in total. The van der Waals surface area contributed by atoms with Crippen LogP contribution in [0, 0.1) is 17.6 Å². The molecule has 2 aromatic carbocycles. The number of piperazine rings is 1. The maximum atomic E-state index is 13.9. The van der Waals surface area contributed by atoms with E-state index in [4.69, 9.17) is 0 Å². The Labute approximate surface area is 247 Å². The molecule has 230 valence electrons. The van der Waals surface area contributed by atoms with Crippen LogP contribution in [-0.2, 0) is 33.8 Å². The van der Waals surface area contributed by atoms with Gasteiger partial charge in [0.1, 0.15) is 18.2 Å². The van der Waals surface area contributed by atoms with Crippen molar-refractivity contribution in [3.63, 3.8) is 0 Å². The first-order chi connectivity index (χ1) is 20.0. The number of aliphatic hydroxyl groups excluding tert-OH is 1. The zero-order chi connectivity index (χ0) is 30.8. The molecule has 0 saturated carbocycles. The van der Waals surface area contributed by atoms with Gasteiger partial charge in [-0.3, -0.25) is 14.4 Å². The Morgan fingerprint density at radius 2 is 1.71 bits per heavy atom. The number of carbonyl (C=O) groups is 3. The Kier molecular flexibility index (Phi) is 12.4. The summed E-state index contributed by atoms with van der Waals surface area (Å²) in [5.74, 6) is -3.38. The summed E-state index contributed by atoms with van der Waals surface area (Å²) in [5.41, 5.74) is 2.49. The van der Waals surface area contributed by atoms with E-state index in [0.29, 0.717) is 13.1 Å². The molecule has 0 radical (unpaired) electrons. The maximum absolute atomic E-state index is 13.9. The largest absolute Gasteiger partial charge is 0.390 e. The van der Waals surface area contributed by atoms with Crippen molar-refractivity contribution in [1.29, 1.82) is 0 Å². The highest BCUT2D eigenvalue weighted by molar-refractivity contribution is 6.35. The second kappa shape index (κ2) is 15.7. The molecule has 0 bridgehead atoms. The number of unbranched alkanes of at least 4 members (excludes halogenated alkanes) is 1. The molecule has 1 aliphatic heterocycles. The third-order valence-corrected chi connectivity index (χ3v) is 7.67. The molecule has 1 aliphatic rings. The number of nitrogens with one attached hydrogen (secondary N) is 2. The van der Waals surface area contributed by atoms with E-state index in [2.05, 4.69) is 23.6 Å². The van der Waals surface area contributed by atoms with Gasteiger partial charge in [-0.15, -0.1) is 0 Å².